The monoisotopic (exact) mass is 433 g/mol. The van der Waals surface area contributed by atoms with Crippen LogP contribution >= 0.6 is 34.4 Å². The van der Waals surface area contributed by atoms with Crippen molar-refractivity contribution in [2.75, 3.05) is 23.5 Å². The predicted molar refractivity (Wildman–Crippen MR) is 117 cm³/mol. The lowest BCUT2D eigenvalue weighted by Crippen LogP contribution is -2.14. The third kappa shape index (κ3) is 6.36. The summed E-state index contributed by atoms with van der Waals surface area (Å²) in [6.45, 7) is 0. The van der Waals surface area contributed by atoms with Crippen LogP contribution in [-0.4, -0.2) is 29.7 Å². The van der Waals surface area contributed by atoms with Gasteiger partial charge in [-0.05, 0) is 35.7 Å². The number of hydrogen-bond donors (Lipinski definition) is 2. The van der Waals surface area contributed by atoms with E-state index in [1.54, 1.807) is 42.7 Å². The maximum Gasteiger partial charge on any atom is 0.234 e. The molecule has 146 valence electrons. The predicted octanol–water partition coefficient (Wildman–Crippen LogP) is 4.27. The number of aromatic nitrogens is 1. The Bertz CT molecular complexity index is 908. The van der Waals surface area contributed by atoms with Crippen molar-refractivity contribution in [1.29, 1.82) is 0 Å². The van der Waals surface area contributed by atoms with Gasteiger partial charge >= 0.3 is 0 Å². The Balaban J connectivity index is 1.38. The number of hydrogen-bond acceptors (Lipinski definition) is 7. The van der Waals surface area contributed by atoms with Gasteiger partial charge in [-0.2, -0.15) is 0 Å². The van der Waals surface area contributed by atoms with Crippen LogP contribution in [0.5, 0.6) is 5.75 Å². The number of thioether (sulfide) groups is 1. The first-order chi connectivity index (χ1) is 13.6. The molecule has 6 nitrogen and oxygen atoms in total. The van der Waals surface area contributed by atoms with Gasteiger partial charge in [0.1, 0.15) is 5.75 Å². The van der Waals surface area contributed by atoms with Gasteiger partial charge in [-0.15, -0.1) is 34.4 Å². The van der Waals surface area contributed by atoms with Crippen LogP contribution in [0.3, 0.4) is 0 Å². The van der Waals surface area contributed by atoms with Gasteiger partial charge in [-0.1, -0.05) is 6.07 Å². The molecule has 0 radical (unpaired) electrons. The van der Waals surface area contributed by atoms with E-state index in [9.17, 15) is 9.59 Å². The molecule has 0 unspecified atom stereocenters. The average Bonchev–Trinajstić information content (AvgIpc) is 3.34. The first kappa shape index (κ1) is 20.4. The summed E-state index contributed by atoms with van der Waals surface area (Å²) in [6, 6.07) is 11.1. The van der Waals surface area contributed by atoms with Gasteiger partial charge in [0.05, 0.1) is 25.0 Å². The molecule has 2 amide bonds. The first-order valence-corrected chi connectivity index (χ1v) is 11.3. The number of carbonyl (C=O) groups excluding carboxylic acids is 2. The van der Waals surface area contributed by atoms with Crippen LogP contribution in [0.1, 0.15) is 10.6 Å². The van der Waals surface area contributed by atoms with Crippen molar-refractivity contribution in [3.63, 3.8) is 0 Å². The van der Waals surface area contributed by atoms with Crippen molar-refractivity contribution in [3.8, 4) is 5.75 Å². The summed E-state index contributed by atoms with van der Waals surface area (Å²) in [5, 5.41) is 10.1. The smallest absolute Gasteiger partial charge is 0.234 e. The summed E-state index contributed by atoms with van der Waals surface area (Å²) in [5.41, 5.74) is 1.58. The minimum absolute atomic E-state index is 0.0742. The van der Waals surface area contributed by atoms with E-state index >= 15 is 0 Å². The summed E-state index contributed by atoms with van der Waals surface area (Å²) in [7, 11) is 1.60. The number of ether oxygens (including phenoxy) is 1. The molecule has 0 aliphatic carbocycles. The van der Waals surface area contributed by atoms with Crippen molar-refractivity contribution < 1.29 is 14.3 Å². The van der Waals surface area contributed by atoms with Crippen molar-refractivity contribution in [2.24, 2.45) is 0 Å². The van der Waals surface area contributed by atoms with Crippen LogP contribution in [0.2, 0.25) is 0 Å². The average molecular weight is 434 g/mol. The number of carbonyl (C=O) groups is 2. The highest BCUT2D eigenvalue weighted by Gasteiger charge is 2.09. The molecule has 0 aliphatic heterocycles. The van der Waals surface area contributed by atoms with E-state index in [0.717, 1.165) is 22.0 Å². The lowest BCUT2D eigenvalue weighted by atomic mass is 10.3. The summed E-state index contributed by atoms with van der Waals surface area (Å²) in [5.74, 6) is 1.52. The number of rotatable bonds is 9. The third-order valence-corrected chi connectivity index (χ3v) is 6.22. The van der Waals surface area contributed by atoms with E-state index in [0.29, 0.717) is 23.1 Å². The summed E-state index contributed by atoms with van der Waals surface area (Å²) >= 11 is 4.42. The fraction of sp³-hybridized carbons (Fsp3) is 0.211. The molecule has 0 saturated carbocycles. The number of benzene rings is 1. The quantitative estimate of drug-likeness (QED) is 0.527. The maximum absolute atomic E-state index is 12.0. The van der Waals surface area contributed by atoms with Crippen LogP contribution in [-0.2, 0) is 21.8 Å². The molecule has 0 aliphatic rings. The highest BCUT2D eigenvalue weighted by molar-refractivity contribution is 7.99. The van der Waals surface area contributed by atoms with Gasteiger partial charge in [0.15, 0.2) is 5.13 Å². The SMILES string of the molecule is COc1ccc(NC(=O)CSCc2csc(NC(=O)Cc3cccs3)n2)cc1. The standard InChI is InChI=1S/C19H19N3O3S3/c1-25-15-6-4-13(5-7-15)20-18(24)12-26-10-14-11-28-19(21-14)22-17(23)9-16-3-2-8-27-16/h2-8,11H,9-10,12H2,1H3,(H,20,24)(H,21,22,23). The van der Waals surface area contributed by atoms with Crippen LogP contribution in [0.25, 0.3) is 0 Å². The molecule has 2 heterocycles. The number of thiazole rings is 1. The van der Waals surface area contributed by atoms with Crippen LogP contribution in [0, 0.1) is 0 Å². The molecule has 2 N–H and O–H groups in total. The summed E-state index contributed by atoms with van der Waals surface area (Å²) < 4.78 is 5.09. The number of methoxy groups -OCH3 is 1. The van der Waals surface area contributed by atoms with E-state index in [1.807, 2.05) is 22.9 Å². The van der Waals surface area contributed by atoms with E-state index in [2.05, 4.69) is 15.6 Å². The molecule has 28 heavy (non-hydrogen) atoms. The lowest BCUT2D eigenvalue weighted by Gasteiger charge is -2.05. The third-order valence-electron chi connectivity index (χ3n) is 3.57. The van der Waals surface area contributed by atoms with E-state index in [4.69, 9.17) is 4.74 Å². The van der Waals surface area contributed by atoms with Gasteiger partial charge in [0.25, 0.3) is 0 Å². The lowest BCUT2D eigenvalue weighted by molar-refractivity contribution is -0.115. The number of amides is 2. The Labute approximate surface area is 175 Å². The Kier molecular flexibility index (Phi) is 7.46. The summed E-state index contributed by atoms with van der Waals surface area (Å²) in [4.78, 5) is 29.4. The summed E-state index contributed by atoms with van der Waals surface area (Å²) in [6.07, 6.45) is 0.354. The second-order valence-corrected chi connectivity index (χ2v) is 8.59. The largest absolute Gasteiger partial charge is 0.497 e. The van der Waals surface area contributed by atoms with Crippen LogP contribution < -0.4 is 15.4 Å². The Morgan fingerprint density at radius 3 is 2.64 bits per heavy atom. The van der Waals surface area contributed by atoms with Gasteiger partial charge < -0.3 is 15.4 Å². The number of nitrogens with one attached hydrogen (secondary N) is 2. The van der Waals surface area contributed by atoms with E-state index in [1.165, 1.54) is 23.1 Å². The van der Waals surface area contributed by atoms with Gasteiger partial charge in [-0.3, -0.25) is 9.59 Å². The Morgan fingerprint density at radius 1 is 1.11 bits per heavy atom. The number of thiophene rings is 1. The molecule has 0 fully saturated rings. The molecule has 0 bridgehead atoms. The molecule has 0 spiro atoms. The van der Waals surface area contributed by atoms with Gasteiger partial charge in [0, 0.05) is 21.7 Å². The number of anilines is 2. The minimum Gasteiger partial charge on any atom is -0.497 e. The van der Waals surface area contributed by atoms with Crippen LogP contribution in [0.15, 0.2) is 47.2 Å². The zero-order valence-electron chi connectivity index (χ0n) is 15.1. The zero-order valence-corrected chi connectivity index (χ0v) is 17.6. The second-order valence-electron chi connectivity index (χ2n) is 5.72. The fourth-order valence-corrected chi connectivity index (χ4v) is 4.54. The van der Waals surface area contributed by atoms with Gasteiger partial charge in [-0.25, -0.2) is 4.98 Å². The van der Waals surface area contributed by atoms with E-state index in [-0.39, 0.29) is 11.8 Å². The normalized spacial score (nSPS) is 10.5. The molecule has 3 aromatic rings. The van der Waals surface area contributed by atoms with Crippen LogP contribution in [0.4, 0.5) is 10.8 Å². The highest BCUT2D eigenvalue weighted by Crippen LogP contribution is 2.21. The maximum atomic E-state index is 12.0. The highest BCUT2D eigenvalue weighted by atomic mass is 32.2. The van der Waals surface area contributed by atoms with Crippen molar-refractivity contribution in [2.45, 2.75) is 12.2 Å². The minimum atomic E-state index is -0.0742. The Morgan fingerprint density at radius 2 is 1.93 bits per heavy atom. The van der Waals surface area contributed by atoms with Crippen molar-refractivity contribution in [1.82, 2.24) is 4.98 Å². The molecule has 2 aromatic heterocycles. The molecule has 0 atom stereocenters. The molecule has 9 heteroatoms. The van der Waals surface area contributed by atoms with Crippen molar-refractivity contribution in [3.05, 3.63) is 57.7 Å². The first-order valence-electron chi connectivity index (χ1n) is 8.40. The molecular weight excluding hydrogens is 414 g/mol. The molecule has 1 aromatic carbocycles. The van der Waals surface area contributed by atoms with Gasteiger partial charge in [0.2, 0.25) is 11.8 Å². The molecular formula is C19H19N3O3S3. The molecule has 3 rings (SSSR count). The topological polar surface area (TPSA) is 80.3 Å². The molecule has 0 saturated heterocycles. The van der Waals surface area contributed by atoms with Crippen molar-refractivity contribution >= 4 is 57.1 Å². The Hall–Kier alpha value is -2.36. The van der Waals surface area contributed by atoms with E-state index < -0.39 is 0 Å². The second kappa shape index (κ2) is 10.3. The fourth-order valence-electron chi connectivity index (χ4n) is 2.29. The number of nitrogens with zero attached hydrogens (tertiary/aromatic N) is 1. The zero-order chi connectivity index (χ0) is 19.8.